The summed E-state index contributed by atoms with van der Waals surface area (Å²) >= 11 is 0. The fourth-order valence-electron chi connectivity index (χ4n) is 1.81. The molecule has 0 aliphatic heterocycles. The molecule has 0 saturated carbocycles. The molecule has 0 saturated heterocycles. The fraction of sp³-hybridized carbons (Fsp3) is 0.800. The summed E-state index contributed by atoms with van der Waals surface area (Å²) < 4.78 is 7.49. The average molecular weight is 310 g/mol. The predicted octanol–water partition coefficient (Wildman–Crippen LogP) is 1.39. The minimum absolute atomic E-state index is 0.514. The lowest BCUT2D eigenvalue weighted by Gasteiger charge is -2.11. The molecule has 7 heteroatoms. The molecule has 0 unspecified atom stereocenters. The summed E-state index contributed by atoms with van der Waals surface area (Å²) in [6.45, 7) is 9.99. The Kier molecular flexibility index (Phi) is 9.21. The van der Waals surface area contributed by atoms with Gasteiger partial charge in [0.25, 0.3) is 0 Å². The van der Waals surface area contributed by atoms with Crippen LogP contribution in [0, 0.1) is 6.92 Å². The van der Waals surface area contributed by atoms with Crippen molar-refractivity contribution in [1.29, 1.82) is 0 Å². The molecule has 0 spiro atoms. The zero-order valence-corrected chi connectivity index (χ0v) is 14.4. The van der Waals surface area contributed by atoms with Gasteiger partial charge in [0.1, 0.15) is 12.4 Å². The highest BCUT2D eigenvalue weighted by Gasteiger charge is 2.04. The Morgan fingerprint density at radius 3 is 2.59 bits per heavy atom. The Hall–Kier alpha value is -1.63. The summed E-state index contributed by atoms with van der Waals surface area (Å²) in [6.07, 6.45) is 3.28. The van der Waals surface area contributed by atoms with Gasteiger partial charge >= 0.3 is 0 Å². The van der Waals surface area contributed by atoms with Gasteiger partial charge in [0.2, 0.25) is 0 Å². The third-order valence-corrected chi connectivity index (χ3v) is 3.31. The first kappa shape index (κ1) is 18.4. The molecule has 0 amide bonds. The summed E-state index contributed by atoms with van der Waals surface area (Å²) in [6, 6.07) is 0. The van der Waals surface area contributed by atoms with Crippen molar-refractivity contribution in [2.24, 2.45) is 12.0 Å². The van der Waals surface area contributed by atoms with Crippen molar-refractivity contribution in [2.75, 3.05) is 26.3 Å². The Balaban J connectivity index is 2.31. The quantitative estimate of drug-likeness (QED) is 0.388. The van der Waals surface area contributed by atoms with Gasteiger partial charge in [-0.3, -0.25) is 0 Å². The molecule has 126 valence electrons. The van der Waals surface area contributed by atoms with Crippen LogP contribution in [-0.4, -0.2) is 47.0 Å². The number of ether oxygens (including phenoxy) is 1. The first-order valence-corrected chi connectivity index (χ1v) is 8.13. The van der Waals surface area contributed by atoms with Gasteiger partial charge in [-0.25, -0.2) is 4.99 Å². The molecule has 0 radical (unpaired) electrons. The van der Waals surface area contributed by atoms with E-state index in [0.717, 1.165) is 56.8 Å². The van der Waals surface area contributed by atoms with E-state index in [2.05, 4.69) is 39.7 Å². The maximum absolute atomic E-state index is 5.54. The molecule has 0 atom stereocenters. The average Bonchev–Trinajstić information content (AvgIpc) is 2.83. The van der Waals surface area contributed by atoms with E-state index in [1.807, 2.05) is 18.5 Å². The molecule has 0 aliphatic rings. The largest absolute Gasteiger partial charge is 0.381 e. The molecule has 2 N–H and O–H groups in total. The Morgan fingerprint density at radius 2 is 1.95 bits per heavy atom. The lowest BCUT2D eigenvalue weighted by atomic mass is 10.4. The molecule has 1 aromatic heterocycles. The molecule has 22 heavy (non-hydrogen) atoms. The van der Waals surface area contributed by atoms with Crippen molar-refractivity contribution in [2.45, 2.75) is 46.6 Å². The Bertz CT molecular complexity index is 443. The molecular formula is C15H30N6O. The lowest BCUT2D eigenvalue weighted by molar-refractivity contribution is 0.129. The number of aryl methyl sites for hydroxylation is 1. The number of hydrogen-bond acceptors (Lipinski definition) is 4. The van der Waals surface area contributed by atoms with Crippen LogP contribution in [0.15, 0.2) is 4.99 Å². The van der Waals surface area contributed by atoms with Gasteiger partial charge in [-0.05, 0) is 26.7 Å². The molecule has 1 aromatic rings. The van der Waals surface area contributed by atoms with Crippen molar-refractivity contribution >= 4 is 5.96 Å². The van der Waals surface area contributed by atoms with E-state index in [1.165, 1.54) is 6.42 Å². The lowest BCUT2D eigenvalue weighted by Crippen LogP contribution is -2.38. The first-order valence-electron chi connectivity index (χ1n) is 8.13. The zero-order valence-electron chi connectivity index (χ0n) is 14.4. The second-order valence-corrected chi connectivity index (χ2v) is 5.16. The van der Waals surface area contributed by atoms with Crippen molar-refractivity contribution in [3.05, 3.63) is 11.6 Å². The Morgan fingerprint density at radius 1 is 1.18 bits per heavy atom. The molecular weight excluding hydrogens is 280 g/mol. The van der Waals surface area contributed by atoms with Gasteiger partial charge in [-0.1, -0.05) is 13.3 Å². The second-order valence-electron chi connectivity index (χ2n) is 5.16. The highest BCUT2D eigenvalue weighted by molar-refractivity contribution is 5.79. The van der Waals surface area contributed by atoms with Gasteiger partial charge in [0, 0.05) is 33.4 Å². The van der Waals surface area contributed by atoms with E-state index < -0.39 is 0 Å². The van der Waals surface area contributed by atoms with Gasteiger partial charge in [-0.2, -0.15) is 0 Å². The smallest absolute Gasteiger partial charge is 0.191 e. The summed E-state index contributed by atoms with van der Waals surface area (Å²) in [5.41, 5.74) is 0. The molecule has 1 heterocycles. The normalized spacial score (nSPS) is 11.7. The van der Waals surface area contributed by atoms with Crippen LogP contribution < -0.4 is 10.6 Å². The van der Waals surface area contributed by atoms with Crippen LogP contribution in [0.2, 0.25) is 0 Å². The molecule has 1 rings (SSSR count). The molecule has 7 nitrogen and oxygen atoms in total. The van der Waals surface area contributed by atoms with Crippen molar-refractivity contribution in [1.82, 2.24) is 25.4 Å². The van der Waals surface area contributed by atoms with Crippen LogP contribution in [-0.2, 0) is 18.3 Å². The van der Waals surface area contributed by atoms with E-state index in [9.17, 15) is 0 Å². The van der Waals surface area contributed by atoms with Crippen LogP contribution >= 0.6 is 0 Å². The first-order chi connectivity index (χ1) is 10.7. The number of guanidine groups is 1. The monoisotopic (exact) mass is 310 g/mol. The number of aromatic nitrogens is 3. The van der Waals surface area contributed by atoms with E-state index in [0.29, 0.717) is 6.54 Å². The van der Waals surface area contributed by atoms with Crippen molar-refractivity contribution < 1.29 is 4.74 Å². The molecule has 0 fully saturated rings. The van der Waals surface area contributed by atoms with E-state index in [-0.39, 0.29) is 0 Å². The topological polar surface area (TPSA) is 76.4 Å². The second kappa shape index (κ2) is 11.0. The maximum atomic E-state index is 5.54. The van der Waals surface area contributed by atoms with Crippen molar-refractivity contribution in [3.8, 4) is 0 Å². The van der Waals surface area contributed by atoms with E-state index in [1.54, 1.807) is 0 Å². The van der Waals surface area contributed by atoms with Gasteiger partial charge in [0.15, 0.2) is 11.8 Å². The summed E-state index contributed by atoms with van der Waals surface area (Å²) in [5.74, 6) is 2.56. The van der Waals surface area contributed by atoms with Crippen LogP contribution in [0.25, 0.3) is 0 Å². The van der Waals surface area contributed by atoms with Gasteiger partial charge < -0.3 is 19.9 Å². The van der Waals surface area contributed by atoms with E-state index in [4.69, 9.17) is 4.74 Å². The fourth-order valence-corrected chi connectivity index (χ4v) is 1.81. The molecule has 0 aliphatic carbocycles. The summed E-state index contributed by atoms with van der Waals surface area (Å²) in [7, 11) is 1.95. The van der Waals surface area contributed by atoms with Gasteiger partial charge in [-0.15, -0.1) is 10.2 Å². The van der Waals surface area contributed by atoms with Gasteiger partial charge in [0.05, 0.1) is 0 Å². The third-order valence-electron chi connectivity index (χ3n) is 3.31. The van der Waals surface area contributed by atoms with Crippen LogP contribution in [0.4, 0.5) is 0 Å². The molecule has 0 bridgehead atoms. The highest BCUT2D eigenvalue weighted by atomic mass is 16.5. The number of aliphatic imine (C=N–C) groups is 1. The summed E-state index contributed by atoms with van der Waals surface area (Å²) in [5, 5.41) is 14.7. The van der Waals surface area contributed by atoms with Crippen LogP contribution in [0.3, 0.4) is 0 Å². The van der Waals surface area contributed by atoms with Crippen LogP contribution in [0.1, 0.15) is 44.8 Å². The Labute approximate surface area is 133 Å². The summed E-state index contributed by atoms with van der Waals surface area (Å²) in [4.78, 5) is 4.54. The molecule has 0 aromatic carbocycles. The standard InChI is InChI=1S/C15H30N6O/c1-5-7-10-22-11-8-9-17-15(16-6-2)18-12-14-20-19-13(3)21(14)4/h5-12H2,1-4H3,(H2,16,17,18). The number of rotatable bonds is 10. The number of unbranched alkanes of at least 4 members (excludes halogenated alkanes) is 1. The minimum Gasteiger partial charge on any atom is -0.381 e. The predicted molar refractivity (Wildman–Crippen MR) is 88.9 cm³/mol. The SMILES string of the molecule is CCCCOCCCNC(=NCc1nnc(C)n1C)NCC. The van der Waals surface area contributed by atoms with E-state index >= 15 is 0 Å². The van der Waals surface area contributed by atoms with Crippen molar-refractivity contribution in [3.63, 3.8) is 0 Å². The third kappa shape index (κ3) is 6.89. The number of hydrogen-bond donors (Lipinski definition) is 2. The minimum atomic E-state index is 0.514. The number of nitrogens with one attached hydrogen (secondary N) is 2. The highest BCUT2D eigenvalue weighted by Crippen LogP contribution is 1.99. The zero-order chi connectivity index (χ0) is 16.2. The number of nitrogens with zero attached hydrogens (tertiary/aromatic N) is 4. The maximum Gasteiger partial charge on any atom is 0.191 e. The van der Waals surface area contributed by atoms with Crippen LogP contribution in [0.5, 0.6) is 0 Å².